The third kappa shape index (κ3) is 23.2. The van der Waals surface area contributed by atoms with Crippen LogP contribution in [0, 0.1) is 18.3 Å². The zero-order chi connectivity index (χ0) is 31.6. The molecular formula is C30H54N2O10. The summed E-state index contributed by atoms with van der Waals surface area (Å²) in [5.41, 5.74) is -0.659. The van der Waals surface area contributed by atoms with Crippen molar-refractivity contribution in [1.82, 2.24) is 10.6 Å². The summed E-state index contributed by atoms with van der Waals surface area (Å²) in [6, 6.07) is -1.41. The van der Waals surface area contributed by atoms with Gasteiger partial charge in [0, 0.05) is 19.1 Å². The van der Waals surface area contributed by atoms with Crippen molar-refractivity contribution in [3.05, 3.63) is 0 Å². The number of rotatable bonds is 26. The minimum atomic E-state index is -1.41. The molecule has 12 heteroatoms. The third-order valence-corrected chi connectivity index (χ3v) is 5.98. The predicted molar refractivity (Wildman–Crippen MR) is 158 cm³/mol. The minimum Gasteiger partial charge on any atom is -0.480 e. The third-order valence-electron chi connectivity index (χ3n) is 5.98. The first kappa shape index (κ1) is 39.6. The van der Waals surface area contributed by atoms with E-state index in [0.717, 1.165) is 19.3 Å². The van der Waals surface area contributed by atoms with Gasteiger partial charge in [-0.25, -0.2) is 9.59 Å². The van der Waals surface area contributed by atoms with Gasteiger partial charge in [-0.1, -0.05) is 38.5 Å². The Morgan fingerprint density at radius 1 is 0.833 bits per heavy atom. The van der Waals surface area contributed by atoms with E-state index in [1.807, 2.05) is 0 Å². The molecule has 0 heterocycles. The number of unbranched alkanes of at least 4 members (excludes halogenated alkanes) is 3. The van der Waals surface area contributed by atoms with E-state index in [4.69, 9.17) is 30.1 Å². The Kier molecular flexibility index (Phi) is 23.7. The number of aliphatic hydroxyl groups excluding tert-OH is 1. The number of carboxylic acid groups (broad SMARTS) is 1. The van der Waals surface area contributed by atoms with Gasteiger partial charge >= 0.3 is 12.1 Å². The maximum Gasteiger partial charge on any atom is 0.407 e. The van der Waals surface area contributed by atoms with Crippen LogP contribution in [0.15, 0.2) is 0 Å². The summed E-state index contributed by atoms with van der Waals surface area (Å²) in [4.78, 5) is 36.9. The highest BCUT2D eigenvalue weighted by molar-refractivity contribution is 5.85. The number of terminal acetylenes is 1. The molecule has 0 aromatic rings. The fourth-order valence-electron chi connectivity index (χ4n) is 3.83. The molecule has 4 N–H and O–H groups in total. The molecule has 0 saturated heterocycles. The lowest BCUT2D eigenvalue weighted by molar-refractivity contribution is -0.146. The molecule has 0 aromatic carbocycles. The van der Waals surface area contributed by atoms with E-state index in [1.54, 1.807) is 20.8 Å². The maximum atomic E-state index is 13.1. The van der Waals surface area contributed by atoms with E-state index >= 15 is 0 Å². The molecule has 42 heavy (non-hydrogen) atoms. The number of hydrogen-bond donors (Lipinski definition) is 4. The van der Waals surface area contributed by atoms with Gasteiger partial charge in [-0.2, -0.15) is 0 Å². The number of nitrogens with one attached hydrogen (secondary N) is 2. The van der Waals surface area contributed by atoms with E-state index < -0.39 is 41.6 Å². The zero-order valence-electron chi connectivity index (χ0n) is 26.0. The molecule has 12 nitrogen and oxygen atoms in total. The van der Waals surface area contributed by atoms with Crippen LogP contribution < -0.4 is 10.6 Å². The van der Waals surface area contributed by atoms with Gasteiger partial charge in [0.2, 0.25) is 5.91 Å². The molecule has 0 aliphatic heterocycles. The van der Waals surface area contributed by atoms with Crippen molar-refractivity contribution in [2.24, 2.45) is 5.92 Å². The van der Waals surface area contributed by atoms with Crippen LogP contribution >= 0.6 is 0 Å². The zero-order valence-corrected chi connectivity index (χ0v) is 26.0. The van der Waals surface area contributed by atoms with Gasteiger partial charge in [0.15, 0.2) is 6.04 Å². The summed E-state index contributed by atoms with van der Waals surface area (Å²) in [7, 11) is 0. The van der Waals surface area contributed by atoms with Crippen LogP contribution in [0.5, 0.6) is 0 Å². The van der Waals surface area contributed by atoms with E-state index in [0.29, 0.717) is 65.5 Å². The lowest BCUT2D eigenvalue weighted by atomic mass is 9.96. The van der Waals surface area contributed by atoms with E-state index in [-0.39, 0.29) is 26.0 Å². The maximum absolute atomic E-state index is 13.1. The molecule has 0 fully saturated rings. The number of aliphatic hydroxyl groups is 1. The monoisotopic (exact) mass is 602 g/mol. The fraction of sp³-hybridized carbons (Fsp3) is 0.833. The Hall–Kier alpha value is -2.43. The molecular weight excluding hydrogens is 548 g/mol. The second-order valence-electron chi connectivity index (χ2n) is 10.9. The number of aliphatic carboxylic acids is 1. The van der Waals surface area contributed by atoms with Gasteiger partial charge in [-0.3, -0.25) is 4.79 Å². The summed E-state index contributed by atoms with van der Waals surface area (Å²) in [5.74, 6) is -0.00515. The van der Waals surface area contributed by atoms with Crippen molar-refractivity contribution >= 4 is 18.0 Å². The highest BCUT2D eigenvalue weighted by Crippen LogP contribution is 2.15. The van der Waals surface area contributed by atoms with Crippen molar-refractivity contribution in [3.63, 3.8) is 0 Å². The number of alkyl carbamates (subject to hydrolysis) is 1. The smallest absolute Gasteiger partial charge is 0.407 e. The summed E-state index contributed by atoms with van der Waals surface area (Å²) >= 11 is 0. The Morgan fingerprint density at radius 2 is 1.43 bits per heavy atom. The highest BCUT2D eigenvalue weighted by atomic mass is 16.6. The number of carboxylic acids is 1. The molecule has 0 rings (SSSR count). The molecule has 0 aliphatic rings. The molecule has 0 radical (unpaired) electrons. The number of carbonyl (C=O) groups excluding carboxylic acids is 2. The van der Waals surface area contributed by atoms with Crippen LogP contribution in [0.1, 0.15) is 79.1 Å². The molecule has 0 aromatic heterocycles. The quantitative estimate of drug-likeness (QED) is 0.0856. The molecule has 3 atom stereocenters. The topological polar surface area (TPSA) is 162 Å². The molecule has 0 saturated carbocycles. The van der Waals surface area contributed by atoms with Gasteiger partial charge in [0.1, 0.15) is 12.2 Å². The lowest BCUT2D eigenvalue weighted by Gasteiger charge is -2.24. The number of hydrogen-bond acceptors (Lipinski definition) is 9. The summed E-state index contributed by atoms with van der Waals surface area (Å²) in [6.45, 7) is 10.6. The van der Waals surface area contributed by atoms with Gasteiger partial charge < -0.3 is 44.5 Å². The van der Waals surface area contributed by atoms with Gasteiger partial charge in [-0.05, 0) is 46.5 Å². The average molecular weight is 603 g/mol. The lowest BCUT2D eigenvalue weighted by Crippen LogP contribution is -2.50. The van der Waals surface area contributed by atoms with Crippen LogP contribution in [0.2, 0.25) is 0 Å². The predicted octanol–water partition coefficient (Wildman–Crippen LogP) is 2.90. The molecule has 0 bridgehead atoms. The average Bonchev–Trinajstić information content (AvgIpc) is 2.91. The van der Waals surface area contributed by atoms with Crippen LogP contribution in [0.25, 0.3) is 0 Å². The molecule has 244 valence electrons. The van der Waals surface area contributed by atoms with Gasteiger partial charge in [0.25, 0.3) is 0 Å². The number of carbonyl (C=O) groups is 3. The second kappa shape index (κ2) is 25.1. The number of ether oxygens (including phenoxy) is 5. The second-order valence-corrected chi connectivity index (χ2v) is 10.9. The Balaban J connectivity index is 4.64. The van der Waals surface area contributed by atoms with Crippen molar-refractivity contribution in [1.29, 1.82) is 0 Å². The Labute approximate surface area is 251 Å². The summed E-state index contributed by atoms with van der Waals surface area (Å²) < 4.78 is 26.7. The first-order valence-corrected chi connectivity index (χ1v) is 14.9. The first-order chi connectivity index (χ1) is 20.0. The van der Waals surface area contributed by atoms with Crippen molar-refractivity contribution in [3.8, 4) is 12.3 Å². The van der Waals surface area contributed by atoms with E-state index in [1.165, 1.54) is 0 Å². The fourth-order valence-corrected chi connectivity index (χ4v) is 3.83. The van der Waals surface area contributed by atoms with Crippen LogP contribution in [-0.2, 0) is 33.3 Å². The SMILES string of the molecule is C#CCOCCOCCOCCOCCC[C@@H](CCNC(=O)OC(C)(C)C)C(=O)N[C@H](C(=O)O)[C@H](O)CCCCCC. The van der Waals surface area contributed by atoms with Crippen LogP contribution in [-0.4, -0.2) is 105 Å². The largest absolute Gasteiger partial charge is 0.480 e. The minimum absolute atomic E-state index is 0.164. The van der Waals surface area contributed by atoms with Crippen molar-refractivity contribution < 1.29 is 48.3 Å². The van der Waals surface area contributed by atoms with Crippen LogP contribution in [0.4, 0.5) is 4.79 Å². The number of amides is 2. The van der Waals surface area contributed by atoms with Gasteiger partial charge in [0.05, 0.1) is 45.7 Å². The van der Waals surface area contributed by atoms with E-state index in [9.17, 15) is 24.6 Å². The first-order valence-electron chi connectivity index (χ1n) is 14.9. The van der Waals surface area contributed by atoms with Crippen LogP contribution in [0.3, 0.4) is 0 Å². The standard InChI is InChI=1S/C30H54N2O10/c1-6-8-9-10-13-25(33)26(28(35)36)32-27(34)24(14-15-31-29(37)42-30(3,4)5)12-11-17-39-19-21-41-23-22-40-20-18-38-16-7-2/h2,24-26,33H,6,8-23H2,1,3-5H3,(H,31,37)(H,32,34)(H,35,36)/t24-,25+,26-/m0/s1. The molecule has 2 amide bonds. The van der Waals surface area contributed by atoms with Crippen molar-refractivity contribution in [2.45, 2.75) is 96.8 Å². The summed E-state index contributed by atoms with van der Waals surface area (Å²) in [5, 5.41) is 25.2. The molecule has 0 spiro atoms. The molecule has 0 unspecified atom stereocenters. The highest BCUT2D eigenvalue weighted by Gasteiger charge is 2.30. The Morgan fingerprint density at radius 3 is 1.98 bits per heavy atom. The normalized spacial score (nSPS) is 13.5. The summed E-state index contributed by atoms with van der Waals surface area (Å²) in [6.07, 6.45) is 8.35. The Bertz CT molecular complexity index is 766. The van der Waals surface area contributed by atoms with Crippen molar-refractivity contribution in [2.75, 3.05) is 59.4 Å². The van der Waals surface area contributed by atoms with E-state index in [2.05, 4.69) is 23.5 Å². The molecule has 0 aliphatic carbocycles. The van der Waals surface area contributed by atoms with Gasteiger partial charge in [-0.15, -0.1) is 6.42 Å².